The molecular formula is C62H107NO13. The zero-order chi connectivity index (χ0) is 55.3. The molecule has 0 bridgehead atoms. The van der Waals surface area contributed by atoms with E-state index in [2.05, 4.69) is 92.1 Å². The van der Waals surface area contributed by atoms with Gasteiger partial charge < -0.3 is 65.1 Å². The Labute approximate surface area is 459 Å². The Bertz CT molecular complexity index is 1600. The van der Waals surface area contributed by atoms with Gasteiger partial charge in [0.2, 0.25) is 5.91 Å². The number of nitrogens with one attached hydrogen (secondary N) is 1. The van der Waals surface area contributed by atoms with Gasteiger partial charge in [-0.3, -0.25) is 4.79 Å². The molecule has 0 radical (unpaired) electrons. The number of allylic oxidation sites excluding steroid dienone is 13. The Morgan fingerprint density at radius 3 is 1.45 bits per heavy atom. The Balaban J connectivity index is 1.74. The number of aliphatic hydroxyl groups is 8. The van der Waals surface area contributed by atoms with Crippen LogP contribution in [0.1, 0.15) is 206 Å². The van der Waals surface area contributed by atoms with Gasteiger partial charge in [-0.25, -0.2) is 0 Å². The van der Waals surface area contributed by atoms with E-state index >= 15 is 0 Å². The molecule has 0 aromatic heterocycles. The van der Waals surface area contributed by atoms with Crippen molar-refractivity contribution in [3.63, 3.8) is 0 Å². The maximum absolute atomic E-state index is 13.3. The van der Waals surface area contributed by atoms with Crippen LogP contribution in [0.4, 0.5) is 0 Å². The van der Waals surface area contributed by atoms with Crippen molar-refractivity contribution >= 4 is 5.91 Å². The molecule has 12 unspecified atom stereocenters. The Hall–Kier alpha value is -2.83. The minimum atomic E-state index is -1.79. The van der Waals surface area contributed by atoms with Crippen molar-refractivity contribution in [1.29, 1.82) is 0 Å². The second kappa shape index (κ2) is 47.0. The van der Waals surface area contributed by atoms with Crippen molar-refractivity contribution in [3.8, 4) is 0 Å². The highest BCUT2D eigenvalue weighted by Gasteiger charge is 2.51. The second-order valence-corrected chi connectivity index (χ2v) is 20.7. The number of hydrogen-bond donors (Lipinski definition) is 9. The number of aliphatic hydroxyl groups excluding tert-OH is 8. The minimum absolute atomic E-state index is 0.256. The fourth-order valence-corrected chi connectivity index (χ4v) is 9.27. The number of carbonyl (C=O) groups is 1. The summed E-state index contributed by atoms with van der Waals surface area (Å²) in [5, 5.41) is 87.0. The summed E-state index contributed by atoms with van der Waals surface area (Å²) in [7, 11) is 0. The normalized spacial score (nSPS) is 25.5. The summed E-state index contributed by atoms with van der Waals surface area (Å²) in [4.78, 5) is 13.3. The van der Waals surface area contributed by atoms with Gasteiger partial charge in [-0.1, -0.05) is 208 Å². The largest absolute Gasteiger partial charge is 0.394 e. The van der Waals surface area contributed by atoms with E-state index in [-0.39, 0.29) is 18.9 Å². The van der Waals surface area contributed by atoms with Crippen LogP contribution in [0, 0.1) is 0 Å². The van der Waals surface area contributed by atoms with Crippen molar-refractivity contribution in [3.05, 3.63) is 85.1 Å². The average molecular weight is 1070 g/mol. The molecule has 2 aliphatic rings. The number of rotatable bonds is 46. The van der Waals surface area contributed by atoms with Gasteiger partial charge in [-0.2, -0.15) is 0 Å². The van der Waals surface area contributed by atoms with Gasteiger partial charge in [0.25, 0.3) is 0 Å². The molecule has 9 N–H and O–H groups in total. The summed E-state index contributed by atoms with van der Waals surface area (Å²) >= 11 is 0. The van der Waals surface area contributed by atoms with E-state index < -0.39 is 86.8 Å². The molecule has 1 amide bonds. The Morgan fingerprint density at radius 2 is 0.921 bits per heavy atom. The van der Waals surface area contributed by atoms with Crippen LogP contribution in [0.15, 0.2) is 85.1 Å². The van der Waals surface area contributed by atoms with Crippen LogP contribution in [0.2, 0.25) is 0 Å². The summed E-state index contributed by atoms with van der Waals surface area (Å²) < 4.78 is 22.7. The number of ether oxygens (including phenoxy) is 4. The standard InChI is InChI=1S/C62H107NO13/c1-3-5-7-9-11-13-15-17-19-20-21-22-23-24-25-26-27-28-29-30-32-34-36-38-40-42-44-46-54(67)63-50(51(66)45-43-41-39-37-35-33-31-18-16-14-12-10-8-6-4-2)49-73-61-59(72)57(70)60(53(48-65)75-61)76-62-58(71)56(69)55(68)52(47-64)74-62/h5,7,11,13,17,19,21-22,24-25,35,37,43,45,50-53,55-62,64-66,68-72H,3-4,6,8-10,12,14-16,18,20,23,26-34,36,38-42,44,46-49H2,1-2H3,(H,63,67)/b7-5-,13-11-,19-17-,22-21-,25-24-,37-35+,45-43+. The number of unbranched alkanes of at least 4 members (excludes halogenated alkanes) is 21. The van der Waals surface area contributed by atoms with Gasteiger partial charge >= 0.3 is 0 Å². The molecule has 2 heterocycles. The summed E-state index contributed by atoms with van der Waals surface area (Å²) in [5.41, 5.74) is 0. The third-order valence-electron chi connectivity index (χ3n) is 14.1. The molecule has 0 aliphatic carbocycles. The molecule has 12 atom stereocenters. The van der Waals surface area contributed by atoms with Gasteiger partial charge in [0, 0.05) is 6.42 Å². The van der Waals surface area contributed by atoms with Gasteiger partial charge in [0.1, 0.15) is 48.8 Å². The van der Waals surface area contributed by atoms with Crippen molar-refractivity contribution in [2.24, 2.45) is 0 Å². The fraction of sp³-hybridized carbons (Fsp3) is 0.758. The highest BCUT2D eigenvalue weighted by atomic mass is 16.7. The SMILES string of the molecule is CC/C=C\C/C=C\C/C=C\C/C=C\C/C=C\CCCCCCCCCCCCCC(=O)NC(COC1OC(CO)C(OC2OC(CO)C(O)C(O)C2O)C(O)C1O)C(O)/C=C/CC/C=C/CCCCCCCCCCC. The van der Waals surface area contributed by atoms with E-state index in [9.17, 15) is 45.6 Å². The van der Waals surface area contributed by atoms with Gasteiger partial charge in [0.15, 0.2) is 12.6 Å². The van der Waals surface area contributed by atoms with Crippen LogP contribution in [0.3, 0.4) is 0 Å². The van der Waals surface area contributed by atoms with Crippen molar-refractivity contribution in [1.82, 2.24) is 5.32 Å². The zero-order valence-corrected chi connectivity index (χ0v) is 47.0. The molecule has 0 aromatic rings. The number of carbonyl (C=O) groups excluding carboxylic acids is 1. The minimum Gasteiger partial charge on any atom is -0.394 e. The molecule has 2 aliphatic heterocycles. The second-order valence-electron chi connectivity index (χ2n) is 20.7. The first-order valence-electron chi connectivity index (χ1n) is 29.8. The summed E-state index contributed by atoms with van der Waals surface area (Å²) in [5.74, 6) is -0.256. The monoisotopic (exact) mass is 1070 g/mol. The lowest BCUT2D eigenvalue weighted by Crippen LogP contribution is -2.65. The summed E-state index contributed by atoms with van der Waals surface area (Å²) in [6.07, 6.45) is 46.2. The van der Waals surface area contributed by atoms with Gasteiger partial charge in [-0.05, 0) is 77.0 Å². The zero-order valence-electron chi connectivity index (χ0n) is 47.0. The lowest BCUT2D eigenvalue weighted by molar-refractivity contribution is -0.359. The smallest absolute Gasteiger partial charge is 0.220 e. The van der Waals surface area contributed by atoms with Crippen LogP contribution in [-0.4, -0.2) is 140 Å². The van der Waals surface area contributed by atoms with Crippen molar-refractivity contribution in [2.75, 3.05) is 19.8 Å². The topological polar surface area (TPSA) is 228 Å². The molecule has 0 aromatic carbocycles. The first kappa shape index (κ1) is 69.3. The van der Waals surface area contributed by atoms with Crippen LogP contribution in [-0.2, 0) is 23.7 Å². The third kappa shape index (κ3) is 32.3. The van der Waals surface area contributed by atoms with E-state index in [1.54, 1.807) is 6.08 Å². The van der Waals surface area contributed by atoms with Crippen molar-refractivity contribution in [2.45, 2.75) is 280 Å². The van der Waals surface area contributed by atoms with E-state index in [1.165, 1.54) is 103 Å². The fourth-order valence-electron chi connectivity index (χ4n) is 9.27. The molecule has 14 nitrogen and oxygen atoms in total. The molecule has 14 heteroatoms. The van der Waals surface area contributed by atoms with E-state index in [0.717, 1.165) is 70.6 Å². The van der Waals surface area contributed by atoms with Crippen LogP contribution < -0.4 is 5.32 Å². The first-order valence-corrected chi connectivity index (χ1v) is 29.8. The highest BCUT2D eigenvalue weighted by Crippen LogP contribution is 2.30. The van der Waals surface area contributed by atoms with Gasteiger partial charge in [-0.15, -0.1) is 0 Å². The molecule has 2 fully saturated rings. The quantitative estimate of drug-likeness (QED) is 0.0205. The van der Waals surface area contributed by atoms with Crippen LogP contribution in [0.25, 0.3) is 0 Å². The lowest BCUT2D eigenvalue weighted by Gasteiger charge is -2.46. The maximum atomic E-state index is 13.3. The molecule has 0 saturated carbocycles. The summed E-state index contributed by atoms with van der Waals surface area (Å²) in [6, 6.07) is -0.937. The van der Waals surface area contributed by atoms with Crippen LogP contribution in [0.5, 0.6) is 0 Å². The molecule has 2 saturated heterocycles. The molecule has 0 spiro atoms. The van der Waals surface area contributed by atoms with E-state index in [4.69, 9.17) is 18.9 Å². The number of amides is 1. The number of hydrogen-bond acceptors (Lipinski definition) is 13. The third-order valence-corrected chi connectivity index (χ3v) is 14.1. The Kier molecular flexibility index (Phi) is 42.9. The first-order chi connectivity index (χ1) is 37.1. The van der Waals surface area contributed by atoms with E-state index in [1.807, 2.05) is 6.08 Å². The lowest BCUT2D eigenvalue weighted by atomic mass is 9.97. The molecule has 2 rings (SSSR count). The highest BCUT2D eigenvalue weighted by molar-refractivity contribution is 5.76. The summed E-state index contributed by atoms with van der Waals surface area (Å²) in [6.45, 7) is 2.65. The predicted octanol–water partition coefficient (Wildman–Crippen LogP) is 10.1. The average Bonchev–Trinajstić information content (AvgIpc) is 3.42. The van der Waals surface area contributed by atoms with Gasteiger partial charge in [0.05, 0.1) is 32.0 Å². The molecule has 438 valence electrons. The maximum Gasteiger partial charge on any atom is 0.220 e. The molecular weight excluding hydrogens is 967 g/mol. The Morgan fingerprint density at radius 1 is 0.487 bits per heavy atom. The van der Waals surface area contributed by atoms with E-state index in [0.29, 0.717) is 12.8 Å². The molecule has 76 heavy (non-hydrogen) atoms. The predicted molar refractivity (Wildman–Crippen MR) is 304 cm³/mol. The van der Waals surface area contributed by atoms with Crippen molar-refractivity contribution < 1.29 is 64.6 Å². The van der Waals surface area contributed by atoms with Crippen LogP contribution >= 0.6 is 0 Å².